The second-order valence-corrected chi connectivity index (χ2v) is 6.25. The molecule has 114 valence electrons. The van der Waals surface area contributed by atoms with Crippen molar-refractivity contribution >= 4 is 6.16 Å². The average Bonchev–Trinajstić information content (AvgIpc) is 2.38. The van der Waals surface area contributed by atoms with Crippen molar-refractivity contribution in [3.8, 4) is 6.07 Å². The van der Waals surface area contributed by atoms with Gasteiger partial charge in [-0.15, -0.1) is 0 Å². The molecule has 20 heavy (non-hydrogen) atoms. The highest BCUT2D eigenvalue weighted by atomic mass is 17.5. The number of rotatable bonds is 4. The number of hydrogen-bond acceptors (Lipinski definition) is 6. The van der Waals surface area contributed by atoms with Gasteiger partial charge in [0.25, 0.3) is 0 Å². The van der Waals surface area contributed by atoms with Crippen molar-refractivity contribution < 1.29 is 24.3 Å². The zero-order chi connectivity index (χ0) is 15.2. The maximum absolute atomic E-state index is 11.5. The number of hydrogen-bond donors (Lipinski definition) is 0. The molecule has 1 unspecified atom stereocenters. The summed E-state index contributed by atoms with van der Waals surface area (Å²) in [5.74, 6) is 0.0253. The Morgan fingerprint density at radius 1 is 1.15 bits per heavy atom. The van der Waals surface area contributed by atoms with E-state index in [1.165, 1.54) is 0 Å². The molecule has 0 amide bonds. The Morgan fingerprint density at radius 3 is 2.25 bits per heavy atom. The predicted molar refractivity (Wildman–Crippen MR) is 70.1 cm³/mol. The number of nitriles is 1. The fraction of sp³-hybridized carbons (Fsp3) is 0.857. The van der Waals surface area contributed by atoms with Gasteiger partial charge in [-0.05, 0) is 45.6 Å². The maximum atomic E-state index is 11.5. The molecular formula is C14H23NO5. The van der Waals surface area contributed by atoms with E-state index in [9.17, 15) is 10.1 Å². The van der Waals surface area contributed by atoms with E-state index in [-0.39, 0.29) is 5.92 Å². The third kappa shape index (κ3) is 5.35. The lowest BCUT2D eigenvalue weighted by Gasteiger charge is -2.33. The highest BCUT2D eigenvalue weighted by Gasteiger charge is 2.39. The second-order valence-electron chi connectivity index (χ2n) is 6.25. The fourth-order valence-electron chi connectivity index (χ4n) is 2.19. The van der Waals surface area contributed by atoms with Crippen LogP contribution >= 0.6 is 0 Å². The zero-order valence-corrected chi connectivity index (χ0v) is 12.6. The minimum Gasteiger partial charge on any atom is -0.410 e. The van der Waals surface area contributed by atoms with Crippen LogP contribution in [0.2, 0.25) is 0 Å². The Labute approximate surface area is 119 Å². The number of ether oxygens (including phenoxy) is 1. The van der Waals surface area contributed by atoms with E-state index in [1.807, 2.05) is 0 Å². The smallest absolute Gasteiger partial charge is 0.410 e. The van der Waals surface area contributed by atoms with Crippen LogP contribution in [-0.2, 0) is 19.6 Å². The Balaban J connectivity index is 2.46. The summed E-state index contributed by atoms with van der Waals surface area (Å²) in [5.41, 5.74) is -1.80. The first-order chi connectivity index (χ1) is 9.27. The third-order valence-corrected chi connectivity index (χ3v) is 3.29. The van der Waals surface area contributed by atoms with Crippen LogP contribution in [0.1, 0.15) is 59.8 Å². The Morgan fingerprint density at radius 2 is 1.75 bits per heavy atom. The van der Waals surface area contributed by atoms with Gasteiger partial charge >= 0.3 is 6.16 Å². The van der Waals surface area contributed by atoms with Crippen LogP contribution in [0.15, 0.2) is 0 Å². The van der Waals surface area contributed by atoms with E-state index in [4.69, 9.17) is 9.62 Å². The van der Waals surface area contributed by atoms with Crippen LogP contribution in [0.5, 0.6) is 0 Å². The van der Waals surface area contributed by atoms with Gasteiger partial charge in [0.15, 0.2) is 0 Å². The SMILES string of the molecule is CC(C)(C)OOOC(=O)OC(C)(C#N)C1CCCCC1. The van der Waals surface area contributed by atoms with Crippen LogP contribution in [-0.4, -0.2) is 17.4 Å². The van der Waals surface area contributed by atoms with Crippen molar-refractivity contribution in [2.24, 2.45) is 5.92 Å². The molecule has 0 radical (unpaired) electrons. The summed E-state index contributed by atoms with van der Waals surface area (Å²) in [6.07, 6.45) is 3.93. The predicted octanol–water partition coefficient (Wildman–Crippen LogP) is 3.66. The van der Waals surface area contributed by atoms with E-state index in [2.05, 4.69) is 16.0 Å². The van der Waals surface area contributed by atoms with Gasteiger partial charge in [-0.3, -0.25) is 0 Å². The Hall–Kier alpha value is -1.32. The van der Waals surface area contributed by atoms with E-state index in [1.54, 1.807) is 27.7 Å². The van der Waals surface area contributed by atoms with Crippen molar-refractivity contribution in [3.05, 3.63) is 0 Å². The summed E-state index contributed by atoms with van der Waals surface area (Å²) in [5, 5.41) is 13.6. The summed E-state index contributed by atoms with van der Waals surface area (Å²) >= 11 is 0. The summed E-state index contributed by atoms with van der Waals surface area (Å²) < 4.78 is 5.11. The quantitative estimate of drug-likeness (QED) is 0.445. The van der Waals surface area contributed by atoms with Crippen molar-refractivity contribution in [1.82, 2.24) is 0 Å². The number of nitrogens with zero attached hydrogens (tertiary/aromatic N) is 1. The Kier molecular flexibility index (Phi) is 5.78. The third-order valence-electron chi connectivity index (χ3n) is 3.29. The molecule has 1 aliphatic carbocycles. The van der Waals surface area contributed by atoms with Gasteiger partial charge in [-0.1, -0.05) is 19.3 Å². The molecule has 0 bridgehead atoms. The number of carbonyl (C=O) groups excluding carboxylic acids is 1. The van der Waals surface area contributed by atoms with Crippen LogP contribution in [0.3, 0.4) is 0 Å². The van der Waals surface area contributed by atoms with E-state index in [0.29, 0.717) is 0 Å². The van der Waals surface area contributed by atoms with Gasteiger partial charge < -0.3 is 4.74 Å². The van der Waals surface area contributed by atoms with Crippen molar-refractivity contribution in [3.63, 3.8) is 0 Å². The lowest BCUT2D eigenvalue weighted by molar-refractivity contribution is -0.515. The molecule has 0 spiro atoms. The second kappa shape index (κ2) is 6.91. The summed E-state index contributed by atoms with van der Waals surface area (Å²) in [4.78, 5) is 20.7. The first kappa shape index (κ1) is 16.7. The summed E-state index contributed by atoms with van der Waals surface area (Å²) in [6.45, 7) is 6.82. The highest BCUT2D eigenvalue weighted by Crippen LogP contribution is 2.34. The molecule has 1 saturated carbocycles. The summed E-state index contributed by atoms with van der Waals surface area (Å²) in [7, 11) is 0. The van der Waals surface area contributed by atoms with E-state index >= 15 is 0 Å². The van der Waals surface area contributed by atoms with Crippen molar-refractivity contribution in [1.29, 1.82) is 5.26 Å². The first-order valence-corrected chi connectivity index (χ1v) is 6.93. The monoisotopic (exact) mass is 285 g/mol. The van der Waals surface area contributed by atoms with Crippen molar-refractivity contribution in [2.45, 2.75) is 71.0 Å². The van der Waals surface area contributed by atoms with Gasteiger partial charge in [-0.25, -0.2) is 9.68 Å². The van der Waals surface area contributed by atoms with Gasteiger partial charge in [0.2, 0.25) is 5.60 Å². The molecular weight excluding hydrogens is 262 g/mol. The molecule has 0 aromatic rings. The van der Waals surface area contributed by atoms with Crippen molar-refractivity contribution in [2.75, 3.05) is 0 Å². The fourth-order valence-corrected chi connectivity index (χ4v) is 2.19. The zero-order valence-electron chi connectivity index (χ0n) is 12.6. The van der Waals surface area contributed by atoms with Crippen LogP contribution in [0.25, 0.3) is 0 Å². The minimum absolute atomic E-state index is 0.0253. The van der Waals surface area contributed by atoms with Gasteiger partial charge in [0.05, 0.1) is 5.60 Å². The molecule has 6 heteroatoms. The molecule has 0 N–H and O–H groups in total. The maximum Gasteiger partial charge on any atom is 0.544 e. The molecule has 1 aliphatic rings. The number of carbonyl (C=O) groups is 1. The molecule has 1 rings (SSSR count). The largest absolute Gasteiger partial charge is 0.544 e. The average molecular weight is 285 g/mol. The van der Waals surface area contributed by atoms with Crippen LogP contribution < -0.4 is 0 Å². The van der Waals surface area contributed by atoms with Crippen LogP contribution in [0, 0.1) is 17.2 Å². The molecule has 0 heterocycles. The molecule has 6 nitrogen and oxygen atoms in total. The molecule has 0 aromatic carbocycles. The Bertz CT molecular complexity index is 365. The standard InChI is InChI=1S/C14H23NO5/c1-13(2,3)19-20-18-12(16)17-14(4,10-15)11-8-6-5-7-9-11/h11H,5-9H2,1-4H3. The minimum atomic E-state index is -1.19. The summed E-state index contributed by atoms with van der Waals surface area (Å²) in [6, 6.07) is 2.07. The first-order valence-electron chi connectivity index (χ1n) is 6.93. The molecule has 0 aromatic heterocycles. The van der Waals surface area contributed by atoms with Gasteiger partial charge in [0, 0.05) is 5.92 Å². The van der Waals surface area contributed by atoms with E-state index < -0.39 is 17.4 Å². The van der Waals surface area contributed by atoms with Gasteiger partial charge in [0.1, 0.15) is 6.07 Å². The van der Waals surface area contributed by atoms with E-state index in [0.717, 1.165) is 32.1 Å². The van der Waals surface area contributed by atoms with Gasteiger partial charge in [-0.2, -0.15) is 10.1 Å². The molecule has 1 fully saturated rings. The topological polar surface area (TPSA) is 77.8 Å². The van der Waals surface area contributed by atoms with Crippen LogP contribution in [0.4, 0.5) is 4.79 Å². The molecule has 1 atom stereocenters. The lowest BCUT2D eigenvalue weighted by Crippen LogP contribution is -2.39. The molecule has 0 saturated heterocycles. The normalized spacial score (nSPS) is 19.8. The molecule has 0 aliphatic heterocycles. The highest BCUT2D eigenvalue weighted by molar-refractivity contribution is 5.60. The lowest BCUT2D eigenvalue weighted by atomic mass is 9.78.